The molecule has 0 unspecified atom stereocenters. The molecule has 144 valence electrons. The van der Waals surface area contributed by atoms with E-state index in [2.05, 4.69) is 28.9 Å². The highest BCUT2D eigenvalue weighted by molar-refractivity contribution is 7.98. The number of thioether (sulfide) groups is 1. The van der Waals surface area contributed by atoms with E-state index < -0.39 is 0 Å². The number of aryl methyl sites for hydroxylation is 1. The molecular formula is C19H20N6O2S. The fourth-order valence-corrected chi connectivity index (χ4v) is 3.94. The number of nitrogens with zero attached hydrogens (tertiary/aromatic N) is 6. The normalized spacial score (nSPS) is 11.7. The van der Waals surface area contributed by atoms with Gasteiger partial charge < -0.3 is 0 Å². The fourth-order valence-electron chi connectivity index (χ4n) is 3.04. The third-order valence-electron chi connectivity index (χ3n) is 4.23. The van der Waals surface area contributed by atoms with Crippen LogP contribution in [0.15, 0.2) is 51.4 Å². The van der Waals surface area contributed by atoms with Crippen LogP contribution >= 0.6 is 11.8 Å². The topological polar surface area (TPSA) is 87.1 Å². The SMILES string of the molecule is CC(C)Cn1c(SCc2cc(=O)n3ccccc3n2)nc2cn(C)nc2c1=O. The second kappa shape index (κ2) is 7.23. The van der Waals surface area contributed by atoms with E-state index in [0.29, 0.717) is 39.8 Å². The maximum Gasteiger partial charge on any atom is 0.282 e. The van der Waals surface area contributed by atoms with Crippen molar-refractivity contribution in [2.75, 3.05) is 0 Å². The molecule has 0 saturated heterocycles. The van der Waals surface area contributed by atoms with Crippen LogP contribution in [0.4, 0.5) is 0 Å². The van der Waals surface area contributed by atoms with E-state index in [-0.39, 0.29) is 17.0 Å². The van der Waals surface area contributed by atoms with Crippen molar-refractivity contribution < 1.29 is 0 Å². The minimum absolute atomic E-state index is 0.128. The first kappa shape index (κ1) is 18.4. The summed E-state index contributed by atoms with van der Waals surface area (Å²) in [5.41, 5.74) is 1.92. The van der Waals surface area contributed by atoms with Gasteiger partial charge in [-0.2, -0.15) is 5.10 Å². The summed E-state index contributed by atoms with van der Waals surface area (Å²) in [4.78, 5) is 34.4. The fraction of sp³-hybridized carbons (Fsp3) is 0.316. The third-order valence-corrected chi connectivity index (χ3v) is 5.24. The van der Waals surface area contributed by atoms with Crippen LogP contribution in [-0.2, 0) is 19.3 Å². The summed E-state index contributed by atoms with van der Waals surface area (Å²) >= 11 is 1.40. The van der Waals surface area contributed by atoms with Gasteiger partial charge in [-0.05, 0) is 18.1 Å². The Morgan fingerprint density at radius 1 is 1.18 bits per heavy atom. The second-order valence-electron chi connectivity index (χ2n) is 7.04. The van der Waals surface area contributed by atoms with E-state index in [0.717, 1.165) is 0 Å². The van der Waals surface area contributed by atoms with Crippen molar-refractivity contribution >= 4 is 28.4 Å². The van der Waals surface area contributed by atoms with Crippen molar-refractivity contribution in [2.45, 2.75) is 31.3 Å². The lowest BCUT2D eigenvalue weighted by Crippen LogP contribution is -2.25. The first-order chi connectivity index (χ1) is 13.4. The van der Waals surface area contributed by atoms with Gasteiger partial charge in [-0.25, -0.2) is 9.97 Å². The summed E-state index contributed by atoms with van der Waals surface area (Å²) in [6.07, 6.45) is 3.43. The molecule has 4 rings (SSSR count). The van der Waals surface area contributed by atoms with Crippen LogP contribution in [0.3, 0.4) is 0 Å². The number of hydrogen-bond acceptors (Lipinski definition) is 6. The molecule has 0 bridgehead atoms. The van der Waals surface area contributed by atoms with Gasteiger partial charge in [0, 0.05) is 31.6 Å². The Bertz CT molecular complexity index is 1290. The van der Waals surface area contributed by atoms with Gasteiger partial charge in [0.25, 0.3) is 11.1 Å². The number of hydrogen-bond donors (Lipinski definition) is 0. The molecule has 28 heavy (non-hydrogen) atoms. The van der Waals surface area contributed by atoms with Crippen LogP contribution in [0.25, 0.3) is 16.7 Å². The molecule has 4 heterocycles. The highest BCUT2D eigenvalue weighted by atomic mass is 32.2. The van der Waals surface area contributed by atoms with Gasteiger partial charge in [0.05, 0.1) is 11.9 Å². The Hall–Kier alpha value is -2.94. The number of rotatable bonds is 5. The zero-order valence-electron chi connectivity index (χ0n) is 15.9. The van der Waals surface area contributed by atoms with Crippen LogP contribution in [0.1, 0.15) is 19.5 Å². The zero-order chi connectivity index (χ0) is 19.8. The molecule has 9 heteroatoms. The van der Waals surface area contributed by atoms with Crippen LogP contribution < -0.4 is 11.1 Å². The summed E-state index contributed by atoms with van der Waals surface area (Å²) < 4.78 is 4.76. The quantitative estimate of drug-likeness (QED) is 0.379. The lowest BCUT2D eigenvalue weighted by atomic mass is 10.2. The molecule has 0 aliphatic carbocycles. The van der Waals surface area contributed by atoms with E-state index in [1.54, 1.807) is 40.8 Å². The molecule has 0 spiro atoms. The highest BCUT2D eigenvalue weighted by Gasteiger charge is 2.16. The van der Waals surface area contributed by atoms with E-state index in [9.17, 15) is 9.59 Å². The Kier molecular flexibility index (Phi) is 4.76. The standard InChI is InChI=1S/C19H20N6O2S/c1-12(2)9-25-18(27)17-14(10-23(3)22-17)21-19(25)28-11-13-8-16(26)24-7-5-4-6-15(24)20-13/h4-8,10,12H,9,11H2,1-3H3. The molecule has 4 aromatic rings. The van der Waals surface area contributed by atoms with Gasteiger partial charge in [0.15, 0.2) is 10.7 Å². The average Bonchev–Trinajstić information content (AvgIpc) is 3.03. The maximum absolute atomic E-state index is 12.9. The van der Waals surface area contributed by atoms with Gasteiger partial charge in [0.2, 0.25) is 0 Å². The molecule has 0 aromatic carbocycles. The average molecular weight is 396 g/mol. The molecule has 4 aromatic heterocycles. The van der Waals surface area contributed by atoms with Gasteiger partial charge in [-0.1, -0.05) is 31.7 Å². The first-order valence-corrected chi connectivity index (χ1v) is 9.95. The number of fused-ring (bicyclic) bond motifs is 2. The number of aromatic nitrogens is 6. The smallest absolute Gasteiger partial charge is 0.282 e. The molecule has 0 atom stereocenters. The van der Waals surface area contributed by atoms with Gasteiger partial charge in [-0.15, -0.1) is 0 Å². The maximum atomic E-state index is 12.9. The minimum atomic E-state index is -0.145. The van der Waals surface area contributed by atoms with E-state index in [1.165, 1.54) is 22.2 Å². The van der Waals surface area contributed by atoms with Crippen LogP contribution in [0.5, 0.6) is 0 Å². The Labute approximate surface area is 164 Å². The third kappa shape index (κ3) is 3.45. The molecule has 0 N–H and O–H groups in total. The summed E-state index contributed by atoms with van der Waals surface area (Å²) in [6.45, 7) is 4.65. The molecule has 0 aliphatic heterocycles. The predicted molar refractivity (Wildman–Crippen MR) is 109 cm³/mol. The van der Waals surface area contributed by atoms with Crippen molar-refractivity contribution in [3.05, 3.63) is 63.1 Å². The Morgan fingerprint density at radius 3 is 2.79 bits per heavy atom. The summed E-state index contributed by atoms with van der Waals surface area (Å²) in [5.74, 6) is 0.722. The Morgan fingerprint density at radius 2 is 2.00 bits per heavy atom. The largest absolute Gasteiger partial charge is 0.285 e. The zero-order valence-corrected chi connectivity index (χ0v) is 16.7. The molecule has 0 fully saturated rings. The van der Waals surface area contributed by atoms with Crippen molar-refractivity contribution in [2.24, 2.45) is 13.0 Å². The van der Waals surface area contributed by atoms with Crippen molar-refractivity contribution in [1.82, 2.24) is 28.7 Å². The molecular weight excluding hydrogens is 376 g/mol. The molecule has 0 aliphatic rings. The summed E-state index contributed by atoms with van der Waals surface area (Å²) in [6, 6.07) is 6.96. The Balaban J connectivity index is 1.73. The monoisotopic (exact) mass is 396 g/mol. The molecule has 0 radical (unpaired) electrons. The van der Waals surface area contributed by atoms with E-state index >= 15 is 0 Å². The van der Waals surface area contributed by atoms with Crippen molar-refractivity contribution in [1.29, 1.82) is 0 Å². The lowest BCUT2D eigenvalue weighted by molar-refractivity contribution is 0.474. The predicted octanol–water partition coefficient (Wildman–Crippen LogP) is 2.09. The molecule has 0 saturated carbocycles. The van der Waals surface area contributed by atoms with E-state index in [1.807, 2.05) is 6.07 Å². The summed E-state index contributed by atoms with van der Waals surface area (Å²) in [7, 11) is 1.77. The first-order valence-electron chi connectivity index (χ1n) is 8.96. The van der Waals surface area contributed by atoms with Crippen LogP contribution in [-0.4, -0.2) is 28.7 Å². The minimum Gasteiger partial charge on any atom is -0.285 e. The van der Waals surface area contributed by atoms with Crippen molar-refractivity contribution in [3.8, 4) is 0 Å². The molecule has 8 nitrogen and oxygen atoms in total. The van der Waals surface area contributed by atoms with E-state index in [4.69, 9.17) is 0 Å². The highest BCUT2D eigenvalue weighted by Crippen LogP contribution is 2.21. The second-order valence-corrected chi connectivity index (χ2v) is 7.99. The molecule has 0 amide bonds. The lowest BCUT2D eigenvalue weighted by Gasteiger charge is -2.13. The van der Waals surface area contributed by atoms with Gasteiger partial charge >= 0.3 is 0 Å². The van der Waals surface area contributed by atoms with Gasteiger partial charge in [-0.3, -0.25) is 23.2 Å². The summed E-state index contributed by atoms with van der Waals surface area (Å²) in [5, 5.41) is 4.85. The number of pyridine rings is 1. The van der Waals surface area contributed by atoms with Crippen LogP contribution in [0.2, 0.25) is 0 Å². The van der Waals surface area contributed by atoms with Crippen molar-refractivity contribution in [3.63, 3.8) is 0 Å². The van der Waals surface area contributed by atoms with Crippen LogP contribution in [0, 0.1) is 5.92 Å². The van der Waals surface area contributed by atoms with Gasteiger partial charge in [0.1, 0.15) is 11.2 Å².